The summed E-state index contributed by atoms with van der Waals surface area (Å²) in [5, 5.41) is 3.98. The molecule has 138 valence electrons. The molecule has 1 amide bonds. The van der Waals surface area contributed by atoms with E-state index in [9.17, 15) is 9.59 Å². The molecule has 0 aliphatic carbocycles. The number of rotatable bonds is 5. The second-order valence-electron chi connectivity index (χ2n) is 5.48. The van der Waals surface area contributed by atoms with Crippen LogP contribution < -0.4 is 27.6 Å². The van der Waals surface area contributed by atoms with E-state index in [0.29, 0.717) is 28.9 Å². The number of allylic oxidation sites excluding steroid dienone is 1. The Labute approximate surface area is 153 Å². The average molecular weight is 355 g/mol. The summed E-state index contributed by atoms with van der Waals surface area (Å²) in [6.07, 6.45) is 3.05. The number of benzene rings is 2. The van der Waals surface area contributed by atoms with Crippen LogP contribution in [0.15, 0.2) is 60.4 Å². The third kappa shape index (κ3) is 6.66. The quantitative estimate of drug-likeness (QED) is 0.215. The van der Waals surface area contributed by atoms with Crippen LogP contribution >= 0.6 is 0 Å². The van der Waals surface area contributed by atoms with E-state index in [1.807, 2.05) is 0 Å². The highest BCUT2D eigenvalue weighted by Crippen LogP contribution is 2.17. The zero-order valence-corrected chi connectivity index (χ0v) is 15.0. The minimum atomic E-state index is -0.243. The van der Waals surface area contributed by atoms with E-state index >= 15 is 0 Å². The summed E-state index contributed by atoms with van der Waals surface area (Å²) in [5.41, 5.74) is 13.3. The summed E-state index contributed by atoms with van der Waals surface area (Å²) in [7, 11) is 0. The number of aldehydes is 1. The minimum absolute atomic E-state index is 0.00762. The van der Waals surface area contributed by atoms with Gasteiger partial charge in [0, 0.05) is 23.1 Å². The van der Waals surface area contributed by atoms with Gasteiger partial charge in [-0.3, -0.25) is 14.6 Å². The third-order valence-electron chi connectivity index (χ3n) is 3.02. The zero-order chi connectivity index (χ0) is 19.5. The highest BCUT2D eigenvalue weighted by atomic mass is 16.1. The first-order chi connectivity index (χ1) is 12.4. The average Bonchev–Trinajstić information content (AvgIpc) is 2.63. The molecule has 7 nitrogen and oxygen atoms in total. The highest BCUT2D eigenvalue weighted by Gasteiger charge is 2.06. The number of amides is 1. The van der Waals surface area contributed by atoms with Crippen LogP contribution in [-0.4, -0.2) is 12.2 Å². The molecule has 0 atom stereocenters. The molecule has 0 spiro atoms. The number of hydrogen-bond donors (Lipinski definition) is 4. The molecule has 0 aromatic heterocycles. The van der Waals surface area contributed by atoms with Crippen molar-refractivity contribution < 1.29 is 9.59 Å². The lowest BCUT2D eigenvalue weighted by atomic mass is 10.2. The van der Waals surface area contributed by atoms with Crippen molar-refractivity contribution in [1.82, 2.24) is 0 Å². The lowest BCUT2D eigenvalue weighted by Gasteiger charge is -2.14. The maximum absolute atomic E-state index is 12.1. The van der Waals surface area contributed by atoms with Gasteiger partial charge in [0.25, 0.3) is 5.91 Å². The summed E-state index contributed by atoms with van der Waals surface area (Å²) in [4.78, 5) is 22.5. The number of hydrazine groups is 1. The number of carbonyl (C=O) groups excluding carboxylic acids is 2. The molecule has 2 aromatic rings. The molecule has 0 saturated carbocycles. The van der Waals surface area contributed by atoms with Crippen LogP contribution in [0.5, 0.6) is 0 Å². The molecule has 0 radical (unpaired) electrons. The largest absolute Gasteiger partial charge is 0.399 e. The topological polar surface area (TPSA) is 127 Å². The van der Waals surface area contributed by atoms with E-state index in [1.165, 1.54) is 17.6 Å². The molecule has 0 fully saturated rings. The van der Waals surface area contributed by atoms with E-state index in [4.69, 9.17) is 17.3 Å². The van der Waals surface area contributed by atoms with Crippen LogP contribution in [0.1, 0.15) is 30.6 Å². The van der Waals surface area contributed by atoms with Gasteiger partial charge >= 0.3 is 0 Å². The standard InChI is InChI=1S/C16H17N5O2.C3H8/c17-12-3-1-11(2-4-12)16(23)20-14-5-7-15(8-6-14)21(19)9-13(18)10-22;1-3-2/h1-10H,17-19H2,(H,20,23);3H2,1-2H3/b13-9-;. The molecule has 7 heteroatoms. The van der Waals surface area contributed by atoms with Gasteiger partial charge in [-0.15, -0.1) is 0 Å². The van der Waals surface area contributed by atoms with Crippen molar-refractivity contribution in [2.75, 3.05) is 16.1 Å². The van der Waals surface area contributed by atoms with Crippen molar-refractivity contribution in [2.45, 2.75) is 20.3 Å². The fraction of sp³-hybridized carbons (Fsp3) is 0.158. The van der Waals surface area contributed by atoms with Gasteiger partial charge in [-0.2, -0.15) is 0 Å². The third-order valence-corrected chi connectivity index (χ3v) is 3.02. The van der Waals surface area contributed by atoms with Gasteiger partial charge in [0.2, 0.25) is 0 Å². The van der Waals surface area contributed by atoms with Gasteiger partial charge in [0.1, 0.15) is 0 Å². The van der Waals surface area contributed by atoms with Gasteiger partial charge in [-0.1, -0.05) is 20.3 Å². The van der Waals surface area contributed by atoms with E-state index < -0.39 is 0 Å². The highest BCUT2D eigenvalue weighted by molar-refractivity contribution is 6.04. The Balaban J connectivity index is 0.00000105. The monoisotopic (exact) mass is 355 g/mol. The number of nitrogens with one attached hydrogen (secondary N) is 1. The summed E-state index contributed by atoms with van der Waals surface area (Å²) >= 11 is 0. The first kappa shape index (κ1) is 20.7. The lowest BCUT2D eigenvalue weighted by Crippen LogP contribution is -2.26. The minimum Gasteiger partial charge on any atom is -0.399 e. The number of hydrogen-bond acceptors (Lipinski definition) is 6. The van der Waals surface area contributed by atoms with Gasteiger partial charge < -0.3 is 16.8 Å². The lowest BCUT2D eigenvalue weighted by molar-refractivity contribution is -0.105. The van der Waals surface area contributed by atoms with E-state index in [1.54, 1.807) is 48.5 Å². The molecule has 26 heavy (non-hydrogen) atoms. The summed E-state index contributed by atoms with van der Waals surface area (Å²) in [6, 6.07) is 13.4. The number of nitrogens with zero attached hydrogens (tertiary/aromatic N) is 1. The Kier molecular flexibility index (Phi) is 8.39. The van der Waals surface area contributed by atoms with Crippen LogP contribution in [0.2, 0.25) is 0 Å². The van der Waals surface area contributed by atoms with Gasteiger partial charge in [-0.05, 0) is 48.5 Å². The van der Waals surface area contributed by atoms with Crippen molar-refractivity contribution in [1.29, 1.82) is 0 Å². The summed E-state index contributed by atoms with van der Waals surface area (Å²) < 4.78 is 0. The molecule has 2 aromatic carbocycles. The van der Waals surface area contributed by atoms with Crippen molar-refractivity contribution in [2.24, 2.45) is 11.6 Å². The van der Waals surface area contributed by atoms with Crippen molar-refractivity contribution in [3.8, 4) is 0 Å². The van der Waals surface area contributed by atoms with Crippen LogP contribution in [0.25, 0.3) is 0 Å². The Morgan fingerprint density at radius 1 is 1.08 bits per heavy atom. The molecule has 0 heterocycles. The van der Waals surface area contributed by atoms with Crippen molar-refractivity contribution >= 4 is 29.3 Å². The Bertz CT molecular complexity index is 740. The molecule has 0 aliphatic rings. The van der Waals surface area contributed by atoms with E-state index in [2.05, 4.69) is 19.2 Å². The molecule has 0 bridgehead atoms. The molecular formula is C19H25N5O2. The summed E-state index contributed by atoms with van der Waals surface area (Å²) in [5.74, 6) is 5.50. The van der Waals surface area contributed by atoms with Gasteiger partial charge in [0.05, 0.1) is 11.4 Å². The predicted octanol–water partition coefficient (Wildman–Crippen LogP) is 2.62. The molecule has 7 N–H and O–H groups in total. The number of nitrogens with two attached hydrogens (primary N) is 3. The first-order valence-corrected chi connectivity index (χ1v) is 8.14. The van der Waals surface area contributed by atoms with Crippen molar-refractivity contribution in [3.63, 3.8) is 0 Å². The zero-order valence-electron chi connectivity index (χ0n) is 15.0. The van der Waals surface area contributed by atoms with Crippen LogP contribution in [0.4, 0.5) is 17.1 Å². The molecule has 2 rings (SSSR count). The Hall–Kier alpha value is -3.32. The van der Waals surface area contributed by atoms with Crippen molar-refractivity contribution in [3.05, 3.63) is 66.0 Å². The second-order valence-corrected chi connectivity index (χ2v) is 5.48. The van der Waals surface area contributed by atoms with Crippen LogP contribution in [0.3, 0.4) is 0 Å². The Morgan fingerprint density at radius 3 is 2.12 bits per heavy atom. The van der Waals surface area contributed by atoms with Crippen LogP contribution in [-0.2, 0) is 4.79 Å². The van der Waals surface area contributed by atoms with Gasteiger partial charge in [0.15, 0.2) is 6.29 Å². The molecular weight excluding hydrogens is 330 g/mol. The number of anilines is 3. The predicted molar refractivity (Wildman–Crippen MR) is 106 cm³/mol. The SMILES string of the molecule is CCC.N/C(C=O)=C\N(N)c1ccc(NC(=O)c2ccc(N)cc2)cc1. The second kappa shape index (κ2) is 10.5. The van der Waals surface area contributed by atoms with E-state index in [0.717, 1.165) is 0 Å². The Morgan fingerprint density at radius 2 is 1.62 bits per heavy atom. The number of nitrogen functional groups attached to an aromatic ring is 1. The molecule has 0 unspecified atom stereocenters. The maximum atomic E-state index is 12.1. The molecule has 0 aliphatic heterocycles. The fourth-order valence-corrected chi connectivity index (χ4v) is 1.82. The fourth-order valence-electron chi connectivity index (χ4n) is 1.82. The summed E-state index contributed by atoms with van der Waals surface area (Å²) in [6.45, 7) is 4.25. The van der Waals surface area contributed by atoms with Crippen LogP contribution in [0, 0.1) is 0 Å². The normalized spacial score (nSPS) is 10.3. The molecule has 0 saturated heterocycles. The van der Waals surface area contributed by atoms with Gasteiger partial charge in [-0.25, -0.2) is 5.84 Å². The van der Waals surface area contributed by atoms with E-state index in [-0.39, 0.29) is 11.6 Å². The number of carbonyl (C=O) groups is 2. The first-order valence-electron chi connectivity index (χ1n) is 8.14. The maximum Gasteiger partial charge on any atom is 0.255 e. The smallest absolute Gasteiger partial charge is 0.255 e.